The van der Waals surface area contributed by atoms with Crippen molar-refractivity contribution >= 4 is 23.2 Å². The van der Waals surface area contributed by atoms with E-state index in [1.807, 2.05) is 0 Å². The molecule has 0 bridgehead atoms. The molecule has 0 nitrogen and oxygen atoms in total. The van der Waals surface area contributed by atoms with Crippen LogP contribution in [0.4, 0.5) is 0 Å². The van der Waals surface area contributed by atoms with Crippen molar-refractivity contribution in [1.82, 2.24) is 0 Å². The first-order valence-corrected chi connectivity index (χ1v) is 3.98. The van der Waals surface area contributed by atoms with Crippen molar-refractivity contribution in [2.75, 3.05) is 5.88 Å². The van der Waals surface area contributed by atoms with Crippen LogP contribution in [-0.2, 0) is 0 Å². The topological polar surface area (TPSA) is 0 Å². The molecule has 0 N–H and O–H groups in total. The first kappa shape index (κ1) is 8.58. The van der Waals surface area contributed by atoms with Gasteiger partial charge in [0.2, 0.25) is 0 Å². The van der Waals surface area contributed by atoms with E-state index in [-0.39, 0.29) is 5.38 Å². The molecule has 0 amide bonds. The predicted molar refractivity (Wildman–Crippen MR) is 39.9 cm³/mol. The second-order valence-corrected chi connectivity index (χ2v) is 2.82. The second-order valence-electron chi connectivity index (χ2n) is 1.89. The Bertz CT molecular complexity index is 45.8. The summed E-state index contributed by atoms with van der Waals surface area (Å²) in [4.78, 5) is 0. The monoisotopic (exact) mass is 154 g/mol. The highest BCUT2D eigenvalue weighted by Gasteiger charge is 1.98. The molecule has 0 aromatic heterocycles. The molecule has 0 spiro atoms. The highest BCUT2D eigenvalue weighted by Crippen LogP contribution is 2.07. The Hall–Kier alpha value is 0.580. The van der Waals surface area contributed by atoms with Gasteiger partial charge in [-0.3, -0.25) is 0 Å². The summed E-state index contributed by atoms with van der Waals surface area (Å²) in [5.41, 5.74) is 0. The lowest BCUT2D eigenvalue weighted by Gasteiger charge is -2.00. The standard InChI is InChI=1S/C6H12Cl2/c1-2-3-4-6(8)5-7/h6H,2-5H2,1H3. The van der Waals surface area contributed by atoms with Crippen molar-refractivity contribution < 1.29 is 0 Å². The number of alkyl halides is 2. The maximum absolute atomic E-state index is 5.71. The largest absolute Gasteiger partial charge is 0.125 e. The molecule has 50 valence electrons. The minimum atomic E-state index is 0.191. The van der Waals surface area contributed by atoms with Gasteiger partial charge in [0.15, 0.2) is 0 Å². The highest BCUT2D eigenvalue weighted by molar-refractivity contribution is 6.28. The number of hydrogen-bond acceptors (Lipinski definition) is 0. The molecular formula is C6H12Cl2. The molecule has 0 heterocycles. The summed E-state index contributed by atoms with van der Waals surface area (Å²) in [6, 6.07) is 0. The van der Waals surface area contributed by atoms with Gasteiger partial charge in [-0.05, 0) is 6.42 Å². The molecular weight excluding hydrogens is 143 g/mol. The van der Waals surface area contributed by atoms with Crippen molar-refractivity contribution in [2.45, 2.75) is 31.6 Å². The average Bonchev–Trinajstić information content (AvgIpc) is 1.83. The fourth-order valence-corrected chi connectivity index (χ4v) is 0.811. The van der Waals surface area contributed by atoms with E-state index in [0.717, 1.165) is 6.42 Å². The first-order valence-electron chi connectivity index (χ1n) is 3.01. The van der Waals surface area contributed by atoms with Gasteiger partial charge in [0.25, 0.3) is 0 Å². The van der Waals surface area contributed by atoms with Crippen LogP contribution in [-0.4, -0.2) is 11.3 Å². The second kappa shape index (κ2) is 5.71. The third kappa shape index (κ3) is 4.73. The lowest BCUT2D eigenvalue weighted by atomic mass is 10.2. The molecule has 0 saturated heterocycles. The van der Waals surface area contributed by atoms with Crippen LogP contribution in [0.3, 0.4) is 0 Å². The summed E-state index contributed by atoms with van der Waals surface area (Å²) in [7, 11) is 0. The van der Waals surface area contributed by atoms with Crippen LogP contribution in [0.15, 0.2) is 0 Å². The zero-order valence-corrected chi connectivity index (χ0v) is 6.67. The van der Waals surface area contributed by atoms with Gasteiger partial charge in [-0.25, -0.2) is 0 Å². The smallest absolute Gasteiger partial charge is 0.0471 e. The van der Waals surface area contributed by atoms with Crippen LogP contribution in [0.2, 0.25) is 0 Å². The molecule has 2 heteroatoms. The number of halogens is 2. The Morgan fingerprint density at radius 1 is 1.50 bits per heavy atom. The Labute approximate surface area is 61.2 Å². The van der Waals surface area contributed by atoms with E-state index >= 15 is 0 Å². The average molecular weight is 155 g/mol. The SMILES string of the molecule is CCCCC(Cl)CCl. The van der Waals surface area contributed by atoms with Gasteiger partial charge in [0.05, 0.1) is 0 Å². The van der Waals surface area contributed by atoms with Crippen molar-refractivity contribution in [3.8, 4) is 0 Å². The fourth-order valence-electron chi connectivity index (χ4n) is 0.503. The van der Waals surface area contributed by atoms with Crippen LogP contribution < -0.4 is 0 Å². The maximum atomic E-state index is 5.71. The van der Waals surface area contributed by atoms with Crippen LogP contribution >= 0.6 is 23.2 Å². The third-order valence-electron chi connectivity index (χ3n) is 1.04. The summed E-state index contributed by atoms with van der Waals surface area (Å²) >= 11 is 11.2. The van der Waals surface area contributed by atoms with Crippen LogP contribution in [0.25, 0.3) is 0 Å². The highest BCUT2D eigenvalue weighted by atomic mass is 35.5. The van der Waals surface area contributed by atoms with E-state index in [1.54, 1.807) is 0 Å². The molecule has 0 aliphatic rings. The van der Waals surface area contributed by atoms with Crippen LogP contribution in [0.5, 0.6) is 0 Å². The lowest BCUT2D eigenvalue weighted by molar-refractivity contribution is 0.710. The normalized spacial score (nSPS) is 13.9. The Morgan fingerprint density at radius 2 is 2.12 bits per heavy atom. The minimum absolute atomic E-state index is 0.191. The zero-order valence-electron chi connectivity index (χ0n) is 5.16. The molecule has 8 heavy (non-hydrogen) atoms. The summed E-state index contributed by atoms with van der Waals surface area (Å²) < 4.78 is 0. The first-order chi connectivity index (χ1) is 3.81. The van der Waals surface area contributed by atoms with Gasteiger partial charge in [-0.1, -0.05) is 19.8 Å². The third-order valence-corrected chi connectivity index (χ3v) is 1.94. The molecule has 1 unspecified atom stereocenters. The van der Waals surface area contributed by atoms with Crippen molar-refractivity contribution in [2.24, 2.45) is 0 Å². The summed E-state index contributed by atoms with van der Waals surface area (Å²) in [5.74, 6) is 0.585. The summed E-state index contributed by atoms with van der Waals surface area (Å²) in [6.45, 7) is 2.15. The van der Waals surface area contributed by atoms with E-state index in [1.165, 1.54) is 12.8 Å². The molecule has 0 aromatic rings. The number of hydrogen-bond donors (Lipinski definition) is 0. The van der Waals surface area contributed by atoms with Crippen molar-refractivity contribution in [1.29, 1.82) is 0 Å². The lowest BCUT2D eigenvalue weighted by Crippen LogP contribution is -1.98. The van der Waals surface area contributed by atoms with Gasteiger partial charge in [0.1, 0.15) is 0 Å². The van der Waals surface area contributed by atoms with Gasteiger partial charge < -0.3 is 0 Å². The molecule has 0 rings (SSSR count). The predicted octanol–water partition coefficient (Wildman–Crippen LogP) is 3.02. The molecule has 0 aliphatic carbocycles. The number of unbranched alkanes of at least 4 members (excludes halogenated alkanes) is 1. The Morgan fingerprint density at radius 3 is 2.50 bits per heavy atom. The van der Waals surface area contributed by atoms with E-state index in [4.69, 9.17) is 23.2 Å². The zero-order chi connectivity index (χ0) is 6.41. The van der Waals surface area contributed by atoms with E-state index in [2.05, 4.69) is 6.92 Å². The Kier molecular flexibility index (Phi) is 6.13. The number of rotatable bonds is 4. The van der Waals surface area contributed by atoms with Gasteiger partial charge in [-0.15, -0.1) is 23.2 Å². The summed E-state index contributed by atoms with van der Waals surface area (Å²) in [6.07, 6.45) is 3.46. The quantitative estimate of drug-likeness (QED) is 0.547. The van der Waals surface area contributed by atoms with E-state index in [0.29, 0.717) is 5.88 Å². The molecule has 0 aliphatic heterocycles. The molecule has 0 saturated carbocycles. The molecule has 0 radical (unpaired) electrons. The van der Waals surface area contributed by atoms with Crippen LogP contribution in [0.1, 0.15) is 26.2 Å². The van der Waals surface area contributed by atoms with Gasteiger partial charge in [0, 0.05) is 11.3 Å². The fraction of sp³-hybridized carbons (Fsp3) is 1.00. The van der Waals surface area contributed by atoms with Gasteiger partial charge in [-0.2, -0.15) is 0 Å². The van der Waals surface area contributed by atoms with Crippen molar-refractivity contribution in [3.63, 3.8) is 0 Å². The van der Waals surface area contributed by atoms with Crippen LogP contribution in [0, 0.1) is 0 Å². The van der Waals surface area contributed by atoms with Gasteiger partial charge >= 0.3 is 0 Å². The molecule has 1 atom stereocenters. The minimum Gasteiger partial charge on any atom is -0.125 e. The summed E-state index contributed by atoms with van der Waals surface area (Å²) in [5, 5.41) is 0.191. The van der Waals surface area contributed by atoms with E-state index < -0.39 is 0 Å². The van der Waals surface area contributed by atoms with E-state index in [9.17, 15) is 0 Å². The van der Waals surface area contributed by atoms with Crippen molar-refractivity contribution in [3.05, 3.63) is 0 Å². The molecule has 0 aromatic carbocycles. The Balaban J connectivity index is 2.86. The maximum Gasteiger partial charge on any atom is 0.0471 e. The molecule has 0 fully saturated rings.